The molecule has 0 atom stereocenters. The molecule has 1 heterocycles. The van der Waals surface area contributed by atoms with Gasteiger partial charge in [-0.1, -0.05) is 18.5 Å². The normalized spacial score (nSPS) is 10.8. The van der Waals surface area contributed by atoms with Gasteiger partial charge in [-0.05, 0) is 13.5 Å². The Kier molecular flexibility index (Phi) is 3.75. The van der Waals surface area contributed by atoms with Gasteiger partial charge in [0, 0.05) is 20.0 Å². The Labute approximate surface area is 84.1 Å². The fourth-order valence-electron chi connectivity index (χ4n) is 1.31. The minimum Gasteiger partial charge on any atom is -0.322 e. The van der Waals surface area contributed by atoms with E-state index in [2.05, 4.69) is 17.2 Å². The van der Waals surface area contributed by atoms with Crippen molar-refractivity contribution in [1.82, 2.24) is 14.9 Å². The molecule has 0 aliphatic heterocycles. The summed E-state index contributed by atoms with van der Waals surface area (Å²) >= 11 is 6.09. The predicted octanol–water partition coefficient (Wildman–Crippen LogP) is 1.75. The molecule has 1 N–H and O–H groups in total. The minimum absolute atomic E-state index is 0.733. The molecule has 1 rings (SSSR count). The third-order valence-corrected chi connectivity index (χ3v) is 2.47. The first-order valence-corrected chi connectivity index (χ1v) is 4.93. The monoisotopic (exact) mass is 201 g/mol. The smallest absolute Gasteiger partial charge is 0.133 e. The van der Waals surface area contributed by atoms with Crippen LogP contribution in [0.1, 0.15) is 24.9 Å². The van der Waals surface area contributed by atoms with Gasteiger partial charge in [-0.15, -0.1) is 0 Å². The lowest BCUT2D eigenvalue weighted by atomic mass is 10.3. The second-order valence-corrected chi connectivity index (χ2v) is 3.46. The molecule has 0 aliphatic carbocycles. The molecule has 0 bridgehead atoms. The summed E-state index contributed by atoms with van der Waals surface area (Å²) in [7, 11) is 3.85. The Hall–Kier alpha value is -0.540. The number of halogens is 1. The lowest BCUT2D eigenvalue weighted by Gasteiger charge is -1.98. The second-order valence-electron chi connectivity index (χ2n) is 3.10. The first kappa shape index (κ1) is 10.5. The summed E-state index contributed by atoms with van der Waals surface area (Å²) in [5, 5.41) is 3.80. The van der Waals surface area contributed by atoms with Crippen molar-refractivity contribution in [3.63, 3.8) is 0 Å². The second kappa shape index (κ2) is 4.63. The van der Waals surface area contributed by atoms with Crippen molar-refractivity contribution in [2.75, 3.05) is 7.05 Å². The summed E-state index contributed by atoms with van der Waals surface area (Å²) < 4.78 is 1.96. The first-order chi connectivity index (χ1) is 6.20. The van der Waals surface area contributed by atoms with Gasteiger partial charge in [0.15, 0.2) is 0 Å². The van der Waals surface area contributed by atoms with Crippen molar-refractivity contribution < 1.29 is 0 Å². The van der Waals surface area contributed by atoms with Crippen LogP contribution in [-0.2, 0) is 20.0 Å². The van der Waals surface area contributed by atoms with E-state index in [4.69, 9.17) is 11.6 Å². The average molecular weight is 202 g/mol. The summed E-state index contributed by atoms with van der Waals surface area (Å²) in [4.78, 5) is 4.46. The molecule has 0 spiro atoms. The van der Waals surface area contributed by atoms with Gasteiger partial charge in [0.1, 0.15) is 11.0 Å². The number of nitrogens with one attached hydrogen (secondary N) is 1. The van der Waals surface area contributed by atoms with Crippen LogP contribution in [-0.4, -0.2) is 16.6 Å². The molecule has 0 saturated carbocycles. The van der Waals surface area contributed by atoms with E-state index >= 15 is 0 Å². The van der Waals surface area contributed by atoms with E-state index in [1.165, 1.54) is 0 Å². The maximum Gasteiger partial charge on any atom is 0.133 e. The van der Waals surface area contributed by atoms with Gasteiger partial charge >= 0.3 is 0 Å². The maximum atomic E-state index is 6.09. The maximum absolute atomic E-state index is 6.09. The molecular weight excluding hydrogens is 186 g/mol. The van der Waals surface area contributed by atoms with Gasteiger partial charge in [0.2, 0.25) is 0 Å². The fourth-order valence-corrected chi connectivity index (χ4v) is 1.52. The molecule has 0 amide bonds. The quantitative estimate of drug-likeness (QED) is 0.805. The van der Waals surface area contributed by atoms with Crippen LogP contribution < -0.4 is 5.32 Å². The van der Waals surface area contributed by atoms with Crippen LogP contribution in [0.2, 0.25) is 5.15 Å². The Bertz CT molecular complexity index is 254. The highest BCUT2D eigenvalue weighted by atomic mass is 35.5. The molecule has 74 valence electrons. The van der Waals surface area contributed by atoms with Crippen molar-refractivity contribution in [3.8, 4) is 0 Å². The molecule has 0 unspecified atom stereocenters. The summed E-state index contributed by atoms with van der Waals surface area (Å²) in [5.41, 5.74) is 0.940. The number of aromatic nitrogens is 2. The zero-order chi connectivity index (χ0) is 9.84. The third-order valence-electron chi connectivity index (χ3n) is 2.00. The highest BCUT2D eigenvalue weighted by Gasteiger charge is 2.10. The molecule has 0 fully saturated rings. The zero-order valence-corrected chi connectivity index (χ0v) is 9.15. The topological polar surface area (TPSA) is 29.9 Å². The average Bonchev–Trinajstić information content (AvgIpc) is 2.36. The Morgan fingerprint density at radius 3 is 2.77 bits per heavy atom. The van der Waals surface area contributed by atoms with E-state index < -0.39 is 0 Å². The van der Waals surface area contributed by atoms with Crippen LogP contribution in [0.25, 0.3) is 0 Å². The van der Waals surface area contributed by atoms with Crippen LogP contribution in [0, 0.1) is 0 Å². The Balaban J connectivity index is 2.90. The van der Waals surface area contributed by atoms with Gasteiger partial charge in [-0.2, -0.15) is 0 Å². The van der Waals surface area contributed by atoms with Crippen LogP contribution >= 0.6 is 11.6 Å². The number of imidazole rings is 1. The molecule has 0 saturated heterocycles. The van der Waals surface area contributed by atoms with E-state index in [-0.39, 0.29) is 0 Å². The van der Waals surface area contributed by atoms with Crippen LogP contribution in [0.5, 0.6) is 0 Å². The molecule has 4 heteroatoms. The van der Waals surface area contributed by atoms with Crippen LogP contribution in [0.15, 0.2) is 0 Å². The summed E-state index contributed by atoms with van der Waals surface area (Å²) in [6, 6.07) is 0. The van der Waals surface area contributed by atoms with Crippen molar-refractivity contribution in [2.24, 2.45) is 7.05 Å². The summed E-state index contributed by atoms with van der Waals surface area (Å²) in [5.74, 6) is 1.07. The van der Waals surface area contributed by atoms with Crippen LogP contribution in [0.3, 0.4) is 0 Å². The lowest BCUT2D eigenvalue weighted by Crippen LogP contribution is -2.05. The van der Waals surface area contributed by atoms with Crippen LogP contribution in [0.4, 0.5) is 0 Å². The highest BCUT2D eigenvalue weighted by molar-refractivity contribution is 6.30. The molecule has 3 nitrogen and oxygen atoms in total. The number of rotatable bonds is 4. The van der Waals surface area contributed by atoms with Crippen molar-refractivity contribution in [1.29, 1.82) is 0 Å². The number of hydrogen-bond acceptors (Lipinski definition) is 2. The highest BCUT2D eigenvalue weighted by Crippen LogP contribution is 2.17. The SMILES string of the molecule is CCCc1nc(CNC)c(Cl)n1C. The van der Waals surface area contributed by atoms with E-state index in [1.807, 2.05) is 18.7 Å². The van der Waals surface area contributed by atoms with E-state index in [9.17, 15) is 0 Å². The van der Waals surface area contributed by atoms with Gasteiger partial charge in [-0.3, -0.25) is 0 Å². The summed E-state index contributed by atoms with van der Waals surface area (Å²) in [6.07, 6.45) is 2.08. The number of nitrogens with zero attached hydrogens (tertiary/aromatic N) is 2. The van der Waals surface area contributed by atoms with E-state index in [0.29, 0.717) is 0 Å². The van der Waals surface area contributed by atoms with Gasteiger partial charge in [-0.25, -0.2) is 4.98 Å². The Morgan fingerprint density at radius 2 is 2.23 bits per heavy atom. The molecule has 13 heavy (non-hydrogen) atoms. The standard InChI is InChI=1S/C9H16ClN3/c1-4-5-8-12-7(6-11-2)9(10)13(8)3/h11H,4-6H2,1-3H3. The molecule has 0 aliphatic rings. The largest absolute Gasteiger partial charge is 0.322 e. The number of aryl methyl sites for hydroxylation is 1. The molecule has 1 aromatic rings. The lowest BCUT2D eigenvalue weighted by molar-refractivity contribution is 0.756. The van der Waals surface area contributed by atoms with Gasteiger partial charge in [0.05, 0.1) is 5.69 Å². The number of hydrogen-bond donors (Lipinski definition) is 1. The third kappa shape index (κ3) is 2.23. The first-order valence-electron chi connectivity index (χ1n) is 4.55. The van der Waals surface area contributed by atoms with Gasteiger partial charge in [0.25, 0.3) is 0 Å². The zero-order valence-electron chi connectivity index (χ0n) is 8.39. The molecule has 0 radical (unpaired) electrons. The van der Waals surface area contributed by atoms with Crippen molar-refractivity contribution >= 4 is 11.6 Å². The van der Waals surface area contributed by atoms with Gasteiger partial charge < -0.3 is 9.88 Å². The minimum atomic E-state index is 0.733. The summed E-state index contributed by atoms with van der Waals surface area (Å²) in [6.45, 7) is 2.87. The molecule has 1 aromatic heterocycles. The fraction of sp³-hybridized carbons (Fsp3) is 0.667. The molecule has 0 aromatic carbocycles. The molecular formula is C9H16ClN3. The Morgan fingerprint density at radius 1 is 1.54 bits per heavy atom. The predicted molar refractivity (Wildman–Crippen MR) is 55.0 cm³/mol. The van der Waals surface area contributed by atoms with E-state index in [1.54, 1.807) is 0 Å². The van der Waals surface area contributed by atoms with Crippen molar-refractivity contribution in [2.45, 2.75) is 26.3 Å². The van der Waals surface area contributed by atoms with Crippen molar-refractivity contribution in [3.05, 3.63) is 16.7 Å². The van der Waals surface area contributed by atoms with E-state index in [0.717, 1.165) is 36.1 Å².